The van der Waals surface area contributed by atoms with Crippen molar-refractivity contribution in [3.63, 3.8) is 0 Å². The lowest BCUT2D eigenvalue weighted by atomic mass is 10.2. The van der Waals surface area contributed by atoms with E-state index in [4.69, 9.17) is 21.7 Å². The molecule has 2 aromatic rings. The average molecular weight is 319 g/mol. The highest BCUT2D eigenvalue weighted by Gasteiger charge is 2.17. The topological polar surface area (TPSA) is 88.0 Å². The van der Waals surface area contributed by atoms with Gasteiger partial charge in [-0.05, 0) is 19.1 Å². The van der Waals surface area contributed by atoms with E-state index in [0.717, 1.165) is 11.9 Å². The smallest absolute Gasteiger partial charge is 0.341 e. The Bertz CT molecular complexity index is 677. The summed E-state index contributed by atoms with van der Waals surface area (Å²) in [7, 11) is 0. The van der Waals surface area contributed by atoms with Gasteiger partial charge in [0.15, 0.2) is 0 Å². The summed E-state index contributed by atoms with van der Waals surface area (Å²) in [4.78, 5) is 20.1. The van der Waals surface area contributed by atoms with Crippen molar-refractivity contribution in [1.29, 1.82) is 5.41 Å². The predicted octanol–water partition coefficient (Wildman–Crippen LogP) is 2.92. The van der Waals surface area contributed by atoms with Gasteiger partial charge in [-0.25, -0.2) is 9.78 Å². The zero-order chi connectivity index (χ0) is 15.9. The summed E-state index contributed by atoms with van der Waals surface area (Å²) in [6.45, 7) is 2.39. The molecule has 0 aromatic carbocycles. The molecule has 7 heteroatoms. The Balaban J connectivity index is 2.24. The van der Waals surface area contributed by atoms with Crippen molar-refractivity contribution >= 4 is 29.6 Å². The summed E-state index contributed by atoms with van der Waals surface area (Å²) in [5.74, 6) is -0.141. The van der Waals surface area contributed by atoms with Gasteiger partial charge in [0, 0.05) is 18.6 Å². The molecule has 0 radical (unpaired) electrons. The van der Waals surface area contributed by atoms with Gasteiger partial charge in [-0.3, -0.25) is 4.98 Å². The van der Waals surface area contributed by atoms with Gasteiger partial charge in [0.05, 0.1) is 35.0 Å². The van der Waals surface area contributed by atoms with Crippen LogP contribution in [0, 0.1) is 5.41 Å². The minimum absolute atomic E-state index is 0.144. The average Bonchev–Trinajstić information content (AvgIpc) is 2.54. The minimum atomic E-state index is -0.556. The van der Waals surface area contributed by atoms with Gasteiger partial charge in [-0.2, -0.15) is 0 Å². The molecule has 0 atom stereocenters. The summed E-state index contributed by atoms with van der Waals surface area (Å²) in [6.07, 6.45) is 4.09. The van der Waals surface area contributed by atoms with Crippen LogP contribution in [0.2, 0.25) is 5.02 Å². The third-order valence-corrected chi connectivity index (χ3v) is 3.26. The number of carbonyl (C=O) groups is 1. The van der Waals surface area contributed by atoms with Crippen molar-refractivity contribution < 1.29 is 9.53 Å². The van der Waals surface area contributed by atoms with Gasteiger partial charge in [0.2, 0.25) is 0 Å². The number of anilines is 1. The SMILES string of the molecule is CCOC(=O)c1cnc(NCc2ccccn2)c(C=N)c1Cl. The van der Waals surface area contributed by atoms with Crippen molar-refractivity contribution in [3.8, 4) is 0 Å². The molecule has 0 aliphatic heterocycles. The van der Waals surface area contributed by atoms with E-state index in [1.54, 1.807) is 13.1 Å². The number of aromatic nitrogens is 2. The Morgan fingerprint density at radius 3 is 2.91 bits per heavy atom. The molecule has 0 fully saturated rings. The molecule has 0 bridgehead atoms. The second-order valence-corrected chi connectivity index (χ2v) is 4.67. The fourth-order valence-electron chi connectivity index (χ4n) is 1.81. The fraction of sp³-hybridized carbons (Fsp3) is 0.200. The Kier molecular flexibility index (Phi) is 5.43. The molecule has 0 aliphatic carbocycles. The molecule has 0 aliphatic rings. The van der Waals surface area contributed by atoms with E-state index in [-0.39, 0.29) is 17.2 Å². The number of hydrogen-bond donors (Lipinski definition) is 2. The normalized spacial score (nSPS) is 10.1. The van der Waals surface area contributed by atoms with Crippen molar-refractivity contribution in [2.45, 2.75) is 13.5 Å². The van der Waals surface area contributed by atoms with E-state index in [1.807, 2.05) is 18.2 Å². The molecule has 2 rings (SSSR count). The molecule has 22 heavy (non-hydrogen) atoms. The zero-order valence-electron chi connectivity index (χ0n) is 12.0. The van der Waals surface area contributed by atoms with Gasteiger partial charge in [-0.15, -0.1) is 0 Å². The number of nitrogens with zero attached hydrogens (tertiary/aromatic N) is 2. The highest BCUT2D eigenvalue weighted by atomic mass is 35.5. The maximum absolute atomic E-state index is 11.8. The van der Waals surface area contributed by atoms with E-state index in [0.29, 0.717) is 17.9 Å². The Morgan fingerprint density at radius 2 is 2.27 bits per heavy atom. The van der Waals surface area contributed by atoms with Crippen LogP contribution in [0.5, 0.6) is 0 Å². The largest absolute Gasteiger partial charge is 0.462 e. The number of pyridine rings is 2. The predicted molar refractivity (Wildman–Crippen MR) is 84.7 cm³/mol. The first kappa shape index (κ1) is 15.9. The zero-order valence-corrected chi connectivity index (χ0v) is 12.7. The summed E-state index contributed by atoms with van der Waals surface area (Å²) < 4.78 is 4.91. The maximum atomic E-state index is 11.8. The van der Waals surface area contributed by atoms with E-state index in [9.17, 15) is 4.79 Å². The molecule has 114 valence electrons. The molecule has 2 aromatic heterocycles. The Labute approximate surface area is 133 Å². The van der Waals surface area contributed by atoms with E-state index in [1.165, 1.54) is 6.20 Å². The highest BCUT2D eigenvalue weighted by Crippen LogP contribution is 2.25. The third-order valence-electron chi connectivity index (χ3n) is 2.85. The number of nitrogens with one attached hydrogen (secondary N) is 2. The van der Waals surface area contributed by atoms with Crippen LogP contribution in [0.4, 0.5) is 5.82 Å². The van der Waals surface area contributed by atoms with Crippen LogP contribution in [0.1, 0.15) is 28.5 Å². The molecular formula is C15H15ClN4O2. The number of ether oxygens (including phenoxy) is 1. The lowest BCUT2D eigenvalue weighted by molar-refractivity contribution is 0.0526. The second kappa shape index (κ2) is 7.51. The van der Waals surface area contributed by atoms with Crippen molar-refractivity contribution in [1.82, 2.24) is 9.97 Å². The van der Waals surface area contributed by atoms with Gasteiger partial charge in [0.1, 0.15) is 5.82 Å². The molecule has 0 spiro atoms. The van der Waals surface area contributed by atoms with E-state index < -0.39 is 5.97 Å². The summed E-state index contributed by atoms with van der Waals surface area (Å²) >= 11 is 6.18. The number of rotatable bonds is 6. The van der Waals surface area contributed by atoms with Gasteiger partial charge in [0.25, 0.3) is 0 Å². The molecule has 6 nitrogen and oxygen atoms in total. The number of esters is 1. The molecule has 0 amide bonds. The van der Waals surface area contributed by atoms with Crippen molar-refractivity contribution in [2.24, 2.45) is 0 Å². The molecule has 0 saturated heterocycles. The first-order valence-electron chi connectivity index (χ1n) is 6.67. The maximum Gasteiger partial charge on any atom is 0.341 e. The van der Waals surface area contributed by atoms with E-state index >= 15 is 0 Å². The monoisotopic (exact) mass is 318 g/mol. The second-order valence-electron chi connectivity index (χ2n) is 4.29. The Morgan fingerprint density at radius 1 is 1.45 bits per heavy atom. The van der Waals surface area contributed by atoms with Crippen LogP contribution in [0.3, 0.4) is 0 Å². The molecular weight excluding hydrogens is 304 g/mol. The van der Waals surface area contributed by atoms with Crippen molar-refractivity contribution in [2.75, 3.05) is 11.9 Å². The van der Waals surface area contributed by atoms with Crippen LogP contribution in [0.15, 0.2) is 30.6 Å². The van der Waals surface area contributed by atoms with Crippen LogP contribution in [0.25, 0.3) is 0 Å². The van der Waals surface area contributed by atoms with Crippen LogP contribution in [-0.4, -0.2) is 28.8 Å². The summed E-state index contributed by atoms with van der Waals surface area (Å²) in [5.41, 5.74) is 1.30. The quantitative estimate of drug-likeness (QED) is 0.631. The fourth-order valence-corrected chi connectivity index (χ4v) is 2.08. The first-order chi connectivity index (χ1) is 10.7. The van der Waals surface area contributed by atoms with Crippen LogP contribution >= 0.6 is 11.6 Å². The summed E-state index contributed by atoms with van der Waals surface area (Å²) in [5, 5.41) is 10.7. The van der Waals surface area contributed by atoms with Gasteiger partial charge in [-0.1, -0.05) is 17.7 Å². The minimum Gasteiger partial charge on any atom is -0.462 e. The molecule has 0 unspecified atom stereocenters. The van der Waals surface area contributed by atoms with Crippen LogP contribution < -0.4 is 5.32 Å². The van der Waals surface area contributed by atoms with Crippen LogP contribution in [-0.2, 0) is 11.3 Å². The van der Waals surface area contributed by atoms with Gasteiger partial charge >= 0.3 is 5.97 Å². The highest BCUT2D eigenvalue weighted by molar-refractivity contribution is 6.36. The van der Waals surface area contributed by atoms with Crippen molar-refractivity contribution in [3.05, 3.63) is 52.4 Å². The summed E-state index contributed by atoms with van der Waals surface area (Å²) in [6, 6.07) is 5.58. The lowest BCUT2D eigenvalue weighted by Gasteiger charge is -2.12. The Hall–Kier alpha value is -2.47. The molecule has 2 N–H and O–H groups in total. The molecule has 0 saturated carbocycles. The third kappa shape index (κ3) is 3.59. The van der Waals surface area contributed by atoms with Gasteiger partial charge < -0.3 is 15.5 Å². The molecule has 2 heterocycles. The van der Waals surface area contributed by atoms with E-state index in [2.05, 4.69) is 15.3 Å². The standard InChI is InChI=1S/C15H15ClN4O2/c1-2-22-15(21)12-9-20-14(11(7-17)13(12)16)19-8-10-5-3-4-6-18-10/h3-7,9,17H,2,8H2,1H3,(H,19,20). The first-order valence-corrected chi connectivity index (χ1v) is 7.05. The number of carbonyl (C=O) groups excluding carboxylic acids is 1. The number of hydrogen-bond acceptors (Lipinski definition) is 6. The lowest BCUT2D eigenvalue weighted by Crippen LogP contribution is -2.11. The number of halogens is 1.